The molecule has 0 atom stereocenters. The molecule has 0 aliphatic carbocycles. The lowest BCUT2D eigenvalue weighted by Crippen LogP contribution is -2.35. The Morgan fingerprint density at radius 2 is 1.95 bits per heavy atom. The van der Waals surface area contributed by atoms with Crippen molar-refractivity contribution >= 4 is 11.7 Å². The maximum atomic E-state index is 12.8. The second kappa shape index (κ2) is 5.30. The van der Waals surface area contributed by atoms with E-state index in [1.807, 2.05) is 0 Å². The first kappa shape index (κ1) is 14.6. The van der Waals surface area contributed by atoms with Crippen molar-refractivity contribution < 1.29 is 13.2 Å². The largest absolute Gasteiger partial charge is 0.433 e. The van der Waals surface area contributed by atoms with E-state index in [4.69, 9.17) is 11.1 Å². The van der Waals surface area contributed by atoms with Crippen molar-refractivity contribution in [2.24, 2.45) is 11.7 Å². The van der Waals surface area contributed by atoms with Crippen LogP contribution in [0, 0.1) is 11.3 Å². The molecule has 20 heavy (non-hydrogen) atoms. The van der Waals surface area contributed by atoms with E-state index in [0.717, 1.165) is 18.9 Å². The molecule has 0 radical (unpaired) electrons. The third kappa shape index (κ3) is 3.02. The van der Waals surface area contributed by atoms with E-state index in [0.29, 0.717) is 19.0 Å². The Balaban J connectivity index is 2.39. The molecule has 0 unspecified atom stereocenters. The summed E-state index contributed by atoms with van der Waals surface area (Å²) in [4.78, 5) is 5.48. The lowest BCUT2D eigenvalue weighted by molar-refractivity contribution is -0.141. The molecule has 2 rings (SSSR count). The average Bonchev–Trinajstić information content (AvgIpc) is 2.37. The van der Waals surface area contributed by atoms with Crippen LogP contribution >= 0.6 is 0 Å². The summed E-state index contributed by atoms with van der Waals surface area (Å²) in [7, 11) is 0. The van der Waals surface area contributed by atoms with Gasteiger partial charge in [0.15, 0.2) is 0 Å². The van der Waals surface area contributed by atoms with Crippen molar-refractivity contribution in [3.05, 3.63) is 23.4 Å². The Kier molecular flexibility index (Phi) is 3.87. The summed E-state index contributed by atoms with van der Waals surface area (Å²) >= 11 is 0. The van der Waals surface area contributed by atoms with Gasteiger partial charge in [0.25, 0.3) is 0 Å². The van der Waals surface area contributed by atoms with E-state index in [1.54, 1.807) is 4.90 Å². The van der Waals surface area contributed by atoms with Crippen molar-refractivity contribution in [3.8, 4) is 0 Å². The van der Waals surface area contributed by atoms with Crippen LogP contribution < -0.4 is 10.6 Å². The van der Waals surface area contributed by atoms with Crippen LogP contribution in [0.5, 0.6) is 0 Å². The SMILES string of the molecule is CC1CCN(c2nc(C(F)(F)F)ccc2C(=N)N)CC1. The number of aromatic nitrogens is 1. The van der Waals surface area contributed by atoms with E-state index >= 15 is 0 Å². The highest BCUT2D eigenvalue weighted by Gasteiger charge is 2.34. The average molecular weight is 286 g/mol. The number of rotatable bonds is 2. The monoisotopic (exact) mass is 286 g/mol. The zero-order valence-corrected chi connectivity index (χ0v) is 11.2. The van der Waals surface area contributed by atoms with E-state index in [9.17, 15) is 13.2 Å². The predicted octanol–water partition coefficient (Wildman–Crippen LogP) is 2.62. The molecule has 0 aromatic carbocycles. The molecular weight excluding hydrogens is 269 g/mol. The number of piperidine rings is 1. The predicted molar refractivity (Wildman–Crippen MR) is 70.9 cm³/mol. The van der Waals surface area contributed by atoms with Crippen molar-refractivity contribution in [2.75, 3.05) is 18.0 Å². The molecule has 0 saturated carbocycles. The first-order valence-electron chi connectivity index (χ1n) is 6.46. The lowest BCUT2D eigenvalue weighted by atomic mass is 9.99. The number of nitrogens with zero attached hydrogens (tertiary/aromatic N) is 2. The fourth-order valence-electron chi connectivity index (χ4n) is 2.28. The second-order valence-corrected chi connectivity index (χ2v) is 5.15. The summed E-state index contributed by atoms with van der Waals surface area (Å²) in [6.07, 6.45) is -2.70. The molecule has 1 aliphatic heterocycles. The summed E-state index contributed by atoms with van der Waals surface area (Å²) < 4.78 is 38.3. The summed E-state index contributed by atoms with van der Waals surface area (Å²) in [5.74, 6) is 0.455. The van der Waals surface area contributed by atoms with Crippen LogP contribution in [0.15, 0.2) is 12.1 Å². The zero-order valence-electron chi connectivity index (χ0n) is 11.2. The minimum atomic E-state index is -4.49. The molecule has 0 spiro atoms. The maximum Gasteiger partial charge on any atom is 0.433 e. The standard InChI is InChI=1S/C13H17F3N4/c1-8-4-6-20(7-5-8)12-9(11(17)18)2-3-10(19-12)13(14,15)16/h2-3,8H,4-7H2,1H3,(H3,17,18). The molecule has 7 heteroatoms. The van der Waals surface area contributed by atoms with Gasteiger partial charge in [-0.3, -0.25) is 5.41 Å². The smallest absolute Gasteiger partial charge is 0.384 e. The van der Waals surface area contributed by atoms with Crippen LogP contribution in [-0.4, -0.2) is 23.9 Å². The van der Waals surface area contributed by atoms with Gasteiger partial charge in [-0.2, -0.15) is 13.2 Å². The summed E-state index contributed by atoms with van der Waals surface area (Å²) in [6.45, 7) is 3.38. The molecule has 0 amide bonds. The van der Waals surface area contributed by atoms with Gasteiger partial charge in [0.05, 0.1) is 5.56 Å². The summed E-state index contributed by atoms with van der Waals surface area (Å²) in [5, 5.41) is 7.49. The van der Waals surface area contributed by atoms with Crippen LogP contribution in [0.2, 0.25) is 0 Å². The number of alkyl halides is 3. The molecule has 1 fully saturated rings. The Morgan fingerprint density at radius 3 is 2.45 bits per heavy atom. The molecular formula is C13H17F3N4. The molecule has 1 saturated heterocycles. The van der Waals surface area contributed by atoms with Crippen LogP contribution in [0.4, 0.5) is 19.0 Å². The van der Waals surface area contributed by atoms with Gasteiger partial charge in [-0.05, 0) is 30.9 Å². The number of hydrogen-bond donors (Lipinski definition) is 2. The minimum absolute atomic E-state index is 0.166. The van der Waals surface area contributed by atoms with Crippen molar-refractivity contribution in [1.29, 1.82) is 5.41 Å². The van der Waals surface area contributed by atoms with Crippen molar-refractivity contribution in [2.45, 2.75) is 25.9 Å². The molecule has 4 nitrogen and oxygen atoms in total. The van der Waals surface area contributed by atoms with Gasteiger partial charge in [-0.1, -0.05) is 6.92 Å². The number of nitrogen functional groups attached to an aromatic ring is 1. The molecule has 110 valence electrons. The fourth-order valence-corrected chi connectivity index (χ4v) is 2.28. The quantitative estimate of drug-likeness (QED) is 0.649. The number of halogens is 3. The van der Waals surface area contributed by atoms with Crippen LogP contribution in [0.1, 0.15) is 31.0 Å². The van der Waals surface area contributed by atoms with Gasteiger partial charge in [0.2, 0.25) is 0 Å². The van der Waals surface area contributed by atoms with Crippen LogP contribution in [0.3, 0.4) is 0 Å². The lowest BCUT2D eigenvalue weighted by Gasteiger charge is -2.32. The summed E-state index contributed by atoms with van der Waals surface area (Å²) in [6, 6.07) is 2.10. The van der Waals surface area contributed by atoms with Gasteiger partial charge >= 0.3 is 6.18 Å². The van der Waals surface area contributed by atoms with Gasteiger partial charge < -0.3 is 10.6 Å². The number of nitrogens with one attached hydrogen (secondary N) is 1. The molecule has 2 heterocycles. The third-order valence-electron chi connectivity index (χ3n) is 3.54. The topological polar surface area (TPSA) is 66.0 Å². The van der Waals surface area contributed by atoms with E-state index in [1.165, 1.54) is 6.07 Å². The Bertz CT molecular complexity index is 505. The highest BCUT2D eigenvalue weighted by molar-refractivity contribution is 5.99. The highest BCUT2D eigenvalue weighted by atomic mass is 19.4. The molecule has 0 bridgehead atoms. The van der Waals surface area contributed by atoms with Crippen LogP contribution in [-0.2, 0) is 6.18 Å². The van der Waals surface area contributed by atoms with Crippen molar-refractivity contribution in [1.82, 2.24) is 4.98 Å². The number of nitrogens with two attached hydrogens (primary N) is 1. The normalized spacial score (nSPS) is 17.3. The third-order valence-corrected chi connectivity index (χ3v) is 3.54. The van der Waals surface area contributed by atoms with E-state index < -0.39 is 11.9 Å². The molecule has 1 aromatic rings. The minimum Gasteiger partial charge on any atom is -0.384 e. The van der Waals surface area contributed by atoms with Gasteiger partial charge in [-0.15, -0.1) is 0 Å². The Morgan fingerprint density at radius 1 is 1.35 bits per heavy atom. The van der Waals surface area contributed by atoms with Crippen molar-refractivity contribution in [3.63, 3.8) is 0 Å². The fraction of sp³-hybridized carbons (Fsp3) is 0.538. The van der Waals surface area contributed by atoms with E-state index in [-0.39, 0.29) is 17.2 Å². The van der Waals surface area contributed by atoms with Crippen LogP contribution in [0.25, 0.3) is 0 Å². The second-order valence-electron chi connectivity index (χ2n) is 5.15. The molecule has 3 N–H and O–H groups in total. The van der Waals surface area contributed by atoms with Gasteiger partial charge in [0.1, 0.15) is 17.3 Å². The Hall–Kier alpha value is -1.79. The maximum absolute atomic E-state index is 12.8. The first-order valence-corrected chi connectivity index (χ1v) is 6.46. The number of anilines is 1. The van der Waals surface area contributed by atoms with Gasteiger partial charge in [-0.25, -0.2) is 4.98 Å². The molecule has 1 aromatic heterocycles. The number of amidine groups is 1. The first-order chi connectivity index (χ1) is 9.29. The zero-order chi connectivity index (χ0) is 14.9. The number of hydrogen-bond acceptors (Lipinski definition) is 3. The highest BCUT2D eigenvalue weighted by Crippen LogP contribution is 2.31. The molecule has 1 aliphatic rings. The van der Waals surface area contributed by atoms with Gasteiger partial charge in [0, 0.05) is 13.1 Å². The Labute approximate surface area is 115 Å². The van der Waals surface area contributed by atoms with E-state index in [2.05, 4.69) is 11.9 Å². The summed E-state index contributed by atoms with van der Waals surface area (Å²) in [5.41, 5.74) is 4.75. The number of pyridine rings is 1.